The summed E-state index contributed by atoms with van der Waals surface area (Å²) in [5, 5.41) is 2.91. The topological polar surface area (TPSA) is 60.3 Å². The maximum atomic E-state index is 11.7. The van der Waals surface area contributed by atoms with Crippen LogP contribution in [-0.2, 0) is 16.6 Å². The molecule has 19 heavy (non-hydrogen) atoms. The maximum Gasteiger partial charge on any atom is 0.355 e. The molecule has 1 aliphatic rings. The summed E-state index contributed by atoms with van der Waals surface area (Å²) in [5.74, 6) is -0.680. The SMILES string of the molecule is Cn1cccc1C(=O)OCC(=O)NC1CCCCC1. The number of rotatable bonds is 4. The number of amides is 1. The minimum atomic E-state index is -0.466. The van der Waals surface area contributed by atoms with Crippen LogP contribution in [0.1, 0.15) is 42.6 Å². The number of aryl methyl sites for hydroxylation is 1. The van der Waals surface area contributed by atoms with Gasteiger partial charge in [0.1, 0.15) is 5.69 Å². The van der Waals surface area contributed by atoms with Crippen molar-refractivity contribution in [2.75, 3.05) is 6.61 Å². The fourth-order valence-corrected chi connectivity index (χ4v) is 2.39. The lowest BCUT2D eigenvalue weighted by molar-refractivity contribution is -0.125. The minimum absolute atomic E-state index is 0.208. The highest BCUT2D eigenvalue weighted by Gasteiger charge is 2.17. The number of hydrogen-bond donors (Lipinski definition) is 1. The lowest BCUT2D eigenvalue weighted by Crippen LogP contribution is -2.38. The predicted molar refractivity (Wildman–Crippen MR) is 70.7 cm³/mol. The summed E-state index contributed by atoms with van der Waals surface area (Å²) >= 11 is 0. The number of nitrogens with zero attached hydrogens (tertiary/aromatic N) is 1. The third-order valence-electron chi connectivity index (χ3n) is 3.46. The standard InChI is InChI=1S/C14H20N2O3/c1-16-9-5-8-12(16)14(18)19-10-13(17)15-11-6-3-2-4-7-11/h5,8-9,11H,2-4,6-7,10H2,1H3,(H,15,17). The molecule has 1 aromatic rings. The molecule has 0 bridgehead atoms. The molecule has 1 heterocycles. The van der Waals surface area contributed by atoms with Gasteiger partial charge in [-0.15, -0.1) is 0 Å². The Morgan fingerprint density at radius 2 is 2.11 bits per heavy atom. The molecule has 0 radical (unpaired) electrons. The van der Waals surface area contributed by atoms with Gasteiger partial charge in [0.25, 0.3) is 5.91 Å². The normalized spacial score (nSPS) is 16.1. The number of nitrogens with one attached hydrogen (secondary N) is 1. The third kappa shape index (κ3) is 3.84. The molecule has 0 aromatic carbocycles. The van der Waals surface area contributed by atoms with Crippen LogP contribution in [0, 0.1) is 0 Å². The molecule has 5 nitrogen and oxygen atoms in total. The Balaban J connectivity index is 1.74. The number of carbonyl (C=O) groups is 2. The molecule has 1 amide bonds. The highest BCUT2D eigenvalue weighted by Crippen LogP contribution is 2.17. The summed E-state index contributed by atoms with van der Waals surface area (Å²) in [4.78, 5) is 23.4. The van der Waals surface area contributed by atoms with Crippen LogP contribution in [0.5, 0.6) is 0 Å². The van der Waals surface area contributed by atoms with Gasteiger partial charge in [-0.1, -0.05) is 19.3 Å². The van der Waals surface area contributed by atoms with Crippen LogP contribution >= 0.6 is 0 Å². The van der Waals surface area contributed by atoms with Gasteiger partial charge >= 0.3 is 5.97 Å². The van der Waals surface area contributed by atoms with E-state index in [0.29, 0.717) is 5.69 Å². The molecule has 1 N–H and O–H groups in total. The molecule has 1 saturated carbocycles. The second kappa shape index (κ2) is 6.41. The fraction of sp³-hybridized carbons (Fsp3) is 0.571. The van der Waals surface area contributed by atoms with Crippen LogP contribution in [-0.4, -0.2) is 29.1 Å². The predicted octanol–water partition coefficient (Wildman–Crippen LogP) is 1.63. The lowest BCUT2D eigenvalue weighted by atomic mass is 9.95. The molecular formula is C14H20N2O3. The molecule has 0 aliphatic heterocycles. The fourth-order valence-electron chi connectivity index (χ4n) is 2.39. The summed E-state index contributed by atoms with van der Waals surface area (Å²) in [5.41, 5.74) is 0.450. The minimum Gasteiger partial charge on any atom is -0.451 e. The van der Waals surface area contributed by atoms with E-state index >= 15 is 0 Å². The summed E-state index contributed by atoms with van der Waals surface area (Å²) in [7, 11) is 1.76. The van der Waals surface area contributed by atoms with Gasteiger partial charge in [-0.05, 0) is 25.0 Å². The van der Waals surface area contributed by atoms with Crippen molar-refractivity contribution in [1.29, 1.82) is 0 Å². The van der Waals surface area contributed by atoms with Crippen molar-refractivity contribution in [3.63, 3.8) is 0 Å². The van der Waals surface area contributed by atoms with Crippen molar-refractivity contribution in [1.82, 2.24) is 9.88 Å². The molecule has 0 saturated heterocycles. The van der Waals surface area contributed by atoms with Crippen LogP contribution in [0.3, 0.4) is 0 Å². The lowest BCUT2D eigenvalue weighted by Gasteiger charge is -2.22. The van der Waals surface area contributed by atoms with E-state index in [2.05, 4.69) is 5.32 Å². The van der Waals surface area contributed by atoms with Gasteiger partial charge in [0, 0.05) is 19.3 Å². The molecule has 1 aromatic heterocycles. The Morgan fingerprint density at radius 1 is 1.37 bits per heavy atom. The number of hydrogen-bond acceptors (Lipinski definition) is 3. The van der Waals surface area contributed by atoms with Gasteiger partial charge in [0.15, 0.2) is 6.61 Å². The zero-order chi connectivity index (χ0) is 13.7. The second-order valence-electron chi connectivity index (χ2n) is 4.98. The Labute approximate surface area is 112 Å². The average Bonchev–Trinajstić information content (AvgIpc) is 2.83. The van der Waals surface area contributed by atoms with Gasteiger partial charge in [0.05, 0.1) is 0 Å². The number of aromatic nitrogens is 1. The van der Waals surface area contributed by atoms with Gasteiger partial charge in [-0.25, -0.2) is 4.79 Å². The quantitative estimate of drug-likeness (QED) is 0.841. The molecule has 1 fully saturated rings. The highest BCUT2D eigenvalue weighted by atomic mass is 16.5. The Hall–Kier alpha value is -1.78. The van der Waals surface area contributed by atoms with E-state index in [0.717, 1.165) is 25.7 Å². The smallest absolute Gasteiger partial charge is 0.355 e. The van der Waals surface area contributed by atoms with Gasteiger partial charge in [-0.3, -0.25) is 4.79 Å². The van der Waals surface area contributed by atoms with Crippen molar-refractivity contribution in [3.8, 4) is 0 Å². The van der Waals surface area contributed by atoms with Crippen molar-refractivity contribution in [2.24, 2.45) is 7.05 Å². The van der Waals surface area contributed by atoms with E-state index < -0.39 is 5.97 Å². The molecule has 0 spiro atoms. The van der Waals surface area contributed by atoms with E-state index in [4.69, 9.17) is 4.74 Å². The number of esters is 1. The molecule has 104 valence electrons. The van der Waals surface area contributed by atoms with Gasteiger partial charge in [0.2, 0.25) is 0 Å². The zero-order valence-corrected chi connectivity index (χ0v) is 11.2. The van der Waals surface area contributed by atoms with Crippen molar-refractivity contribution in [3.05, 3.63) is 24.0 Å². The Morgan fingerprint density at radius 3 is 2.74 bits per heavy atom. The first-order chi connectivity index (χ1) is 9.16. The van der Waals surface area contributed by atoms with E-state index in [-0.39, 0.29) is 18.6 Å². The van der Waals surface area contributed by atoms with E-state index in [1.165, 1.54) is 6.42 Å². The van der Waals surface area contributed by atoms with Gasteiger partial charge in [-0.2, -0.15) is 0 Å². The third-order valence-corrected chi connectivity index (χ3v) is 3.46. The Bertz CT molecular complexity index is 447. The monoisotopic (exact) mass is 264 g/mol. The maximum absolute atomic E-state index is 11.7. The molecule has 0 atom stereocenters. The van der Waals surface area contributed by atoms with Crippen LogP contribution in [0.25, 0.3) is 0 Å². The first kappa shape index (κ1) is 13.6. The average molecular weight is 264 g/mol. The van der Waals surface area contributed by atoms with Crippen LogP contribution in [0.4, 0.5) is 0 Å². The van der Waals surface area contributed by atoms with Crippen molar-refractivity contribution < 1.29 is 14.3 Å². The van der Waals surface area contributed by atoms with Crippen LogP contribution in [0.2, 0.25) is 0 Å². The zero-order valence-electron chi connectivity index (χ0n) is 11.2. The molecule has 1 aliphatic carbocycles. The van der Waals surface area contributed by atoms with Crippen molar-refractivity contribution >= 4 is 11.9 Å². The van der Waals surface area contributed by atoms with Gasteiger partial charge < -0.3 is 14.6 Å². The first-order valence-electron chi connectivity index (χ1n) is 6.74. The molecule has 2 rings (SSSR count). The van der Waals surface area contributed by atoms with E-state index in [9.17, 15) is 9.59 Å². The van der Waals surface area contributed by atoms with Crippen LogP contribution < -0.4 is 5.32 Å². The molecular weight excluding hydrogens is 244 g/mol. The second-order valence-corrected chi connectivity index (χ2v) is 4.98. The van der Waals surface area contributed by atoms with Crippen molar-refractivity contribution in [2.45, 2.75) is 38.1 Å². The highest BCUT2D eigenvalue weighted by molar-refractivity contribution is 5.89. The summed E-state index contributed by atoms with van der Waals surface area (Å²) in [6.45, 7) is -0.208. The summed E-state index contributed by atoms with van der Waals surface area (Å²) in [6, 6.07) is 3.68. The van der Waals surface area contributed by atoms with E-state index in [1.54, 1.807) is 29.9 Å². The molecule has 5 heteroatoms. The Kier molecular flexibility index (Phi) is 4.60. The largest absolute Gasteiger partial charge is 0.451 e. The summed E-state index contributed by atoms with van der Waals surface area (Å²) < 4.78 is 6.67. The first-order valence-corrected chi connectivity index (χ1v) is 6.74. The van der Waals surface area contributed by atoms with E-state index in [1.807, 2.05) is 0 Å². The molecule has 0 unspecified atom stereocenters. The number of ether oxygens (including phenoxy) is 1. The number of carbonyl (C=O) groups excluding carboxylic acids is 2. The summed E-state index contributed by atoms with van der Waals surface area (Å²) in [6.07, 6.45) is 7.38. The van der Waals surface area contributed by atoms with Crippen LogP contribution in [0.15, 0.2) is 18.3 Å².